The fourth-order valence-electron chi connectivity index (χ4n) is 2.93. The van der Waals surface area contributed by atoms with Crippen molar-refractivity contribution in [2.75, 3.05) is 5.75 Å². The zero-order valence-electron chi connectivity index (χ0n) is 13.0. The lowest BCUT2D eigenvalue weighted by Gasteiger charge is -2.24. The maximum Gasteiger partial charge on any atom is 0.182 e. The number of benzene rings is 2. The number of rotatable bonds is 4. The van der Waals surface area contributed by atoms with Gasteiger partial charge in [-0.1, -0.05) is 60.1 Å². The second-order valence-corrected chi connectivity index (χ2v) is 8.34. The predicted molar refractivity (Wildman–Crippen MR) is 94.8 cm³/mol. The summed E-state index contributed by atoms with van der Waals surface area (Å²) in [7, 11) is -3.57. The molecule has 0 N–H and O–H groups in total. The Bertz CT molecular complexity index is 871. The molecule has 0 aromatic heterocycles. The molecule has 2 aromatic carbocycles. The molecule has 0 spiro atoms. The first-order valence-corrected chi connectivity index (χ1v) is 9.74. The number of carbonyl (C=O) groups is 1. The van der Waals surface area contributed by atoms with E-state index >= 15 is 0 Å². The highest BCUT2D eigenvalue weighted by Gasteiger charge is 2.31. The molecule has 3 nitrogen and oxygen atoms in total. The van der Waals surface area contributed by atoms with Crippen molar-refractivity contribution in [3.8, 4) is 0 Å². The standard InChI is InChI=1S/C19H17ClO3S/c20-18-11-15(14-7-3-1-4-8-14)12-19(21)17(18)13-24(22,23)16-9-5-2-6-10-16/h1-10,15H,11-13H2. The molecule has 2 aromatic rings. The van der Waals surface area contributed by atoms with Gasteiger partial charge in [0, 0.05) is 17.0 Å². The van der Waals surface area contributed by atoms with Gasteiger partial charge in [0.05, 0.1) is 10.6 Å². The van der Waals surface area contributed by atoms with E-state index in [1.807, 2.05) is 30.3 Å². The van der Waals surface area contributed by atoms with Crippen molar-refractivity contribution < 1.29 is 13.2 Å². The van der Waals surface area contributed by atoms with Crippen LogP contribution in [0.3, 0.4) is 0 Å². The Labute approximate surface area is 146 Å². The Morgan fingerprint density at radius 2 is 1.50 bits per heavy atom. The van der Waals surface area contributed by atoms with E-state index in [0.717, 1.165) is 5.56 Å². The normalized spacial score (nSPS) is 18.7. The van der Waals surface area contributed by atoms with Crippen molar-refractivity contribution in [3.05, 3.63) is 76.8 Å². The van der Waals surface area contributed by atoms with Crippen LogP contribution < -0.4 is 0 Å². The molecule has 3 rings (SSSR count). The van der Waals surface area contributed by atoms with Gasteiger partial charge in [-0.25, -0.2) is 8.42 Å². The number of sulfone groups is 1. The molecule has 0 fully saturated rings. The van der Waals surface area contributed by atoms with Crippen LogP contribution in [-0.4, -0.2) is 20.0 Å². The molecule has 24 heavy (non-hydrogen) atoms. The highest BCUT2D eigenvalue weighted by molar-refractivity contribution is 7.91. The molecule has 0 bridgehead atoms. The fourth-order valence-corrected chi connectivity index (χ4v) is 4.82. The number of Topliss-reactive ketones (excluding diaryl/α,β-unsaturated/α-hetero) is 1. The molecule has 5 heteroatoms. The highest BCUT2D eigenvalue weighted by Crippen LogP contribution is 2.37. The van der Waals surface area contributed by atoms with Crippen molar-refractivity contribution in [2.45, 2.75) is 23.7 Å². The zero-order valence-corrected chi connectivity index (χ0v) is 14.6. The maximum atomic E-state index is 12.5. The van der Waals surface area contributed by atoms with Crippen LogP contribution in [0.2, 0.25) is 0 Å². The van der Waals surface area contributed by atoms with Gasteiger partial charge in [0.15, 0.2) is 15.6 Å². The van der Waals surface area contributed by atoms with Gasteiger partial charge in [-0.2, -0.15) is 0 Å². The van der Waals surface area contributed by atoms with E-state index in [-0.39, 0.29) is 27.9 Å². The lowest BCUT2D eigenvalue weighted by Crippen LogP contribution is -2.22. The summed E-state index contributed by atoms with van der Waals surface area (Å²) < 4.78 is 25.0. The van der Waals surface area contributed by atoms with E-state index in [1.165, 1.54) is 12.1 Å². The van der Waals surface area contributed by atoms with E-state index in [1.54, 1.807) is 18.2 Å². The Morgan fingerprint density at radius 3 is 2.08 bits per heavy atom. The van der Waals surface area contributed by atoms with Crippen LogP contribution in [0.15, 0.2) is 76.2 Å². The summed E-state index contributed by atoms with van der Waals surface area (Å²) in [5.41, 5.74) is 1.28. The Morgan fingerprint density at radius 1 is 0.917 bits per heavy atom. The minimum Gasteiger partial charge on any atom is -0.294 e. The van der Waals surface area contributed by atoms with Crippen molar-refractivity contribution in [1.29, 1.82) is 0 Å². The van der Waals surface area contributed by atoms with Gasteiger partial charge in [-0.05, 0) is 30.0 Å². The summed E-state index contributed by atoms with van der Waals surface area (Å²) in [6.07, 6.45) is 0.789. The lowest BCUT2D eigenvalue weighted by atomic mass is 9.84. The fraction of sp³-hybridized carbons (Fsp3) is 0.211. The van der Waals surface area contributed by atoms with Crippen LogP contribution in [0, 0.1) is 0 Å². The quantitative estimate of drug-likeness (QED) is 0.824. The summed E-state index contributed by atoms with van der Waals surface area (Å²) in [6.45, 7) is 0. The van der Waals surface area contributed by atoms with Crippen LogP contribution in [0.25, 0.3) is 0 Å². The third-order valence-electron chi connectivity index (χ3n) is 4.23. The van der Waals surface area contributed by atoms with Crippen molar-refractivity contribution in [3.63, 3.8) is 0 Å². The molecule has 0 radical (unpaired) electrons. The predicted octanol–water partition coefficient (Wildman–Crippen LogP) is 4.10. The molecule has 0 saturated heterocycles. The zero-order chi connectivity index (χ0) is 17.2. The number of allylic oxidation sites excluding steroid dienone is 1. The van der Waals surface area contributed by atoms with Crippen molar-refractivity contribution >= 4 is 27.2 Å². The van der Waals surface area contributed by atoms with Gasteiger partial charge in [-0.3, -0.25) is 4.79 Å². The van der Waals surface area contributed by atoms with Crippen molar-refractivity contribution in [1.82, 2.24) is 0 Å². The van der Waals surface area contributed by atoms with Gasteiger partial charge < -0.3 is 0 Å². The SMILES string of the molecule is O=C1CC(c2ccccc2)CC(Cl)=C1CS(=O)(=O)c1ccccc1. The van der Waals surface area contributed by atoms with E-state index in [9.17, 15) is 13.2 Å². The average Bonchev–Trinajstić information content (AvgIpc) is 2.59. The Balaban J connectivity index is 1.85. The van der Waals surface area contributed by atoms with Crippen LogP contribution in [-0.2, 0) is 14.6 Å². The molecule has 0 aliphatic heterocycles. The van der Waals surface area contributed by atoms with Crippen molar-refractivity contribution in [2.24, 2.45) is 0 Å². The summed E-state index contributed by atoms with van der Waals surface area (Å²) >= 11 is 6.31. The van der Waals surface area contributed by atoms with E-state index in [0.29, 0.717) is 17.9 Å². The molecule has 0 amide bonds. The molecule has 1 aliphatic rings. The van der Waals surface area contributed by atoms with Crippen LogP contribution in [0.1, 0.15) is 24.3 Å². The number of hydrogen-bond donors (Lipinski definition) is 0. The monoisotopic (exact) mass is 360 g/mol. The average molecular weight is 361 g/mol. The van der Waals surface area contributed by atoms with E-state index in [4.69, 9.17) is 11.6 Å². The maximum absolute atomic E-state index is 12.5. The summed E-state index contributed by atoms with van der Waals surface area (Å²) in [5, 5.41) is 0.361. The largest absolute Gasteiger partial charge is 0.294 e. The smallest absolute Gasteiger partial charge is 0.182 e. The number of halogens is 1. The van der Waals surface area contributed by atoms with E-state index < -0.39 is 9.84 Å². The minimum atomic E-state index is -3.57. The number of hydrogen-bond acceptors (Lipinski definition) is 3. The molecule has 1 aliphatic carbocycles. The van der Waals surface area contributed by atoms with Crippen LogP contribution in [0.4, 0.5) is 0 Å². The second kappa shape index (κ2) is 6.91. The van der Waals surface area contributed by atoms with Gasteiger partial charge in [0.25, 0.3) is 0 Å². The molecular formula is C19H17ClO3S. The van der Waals surface area contributed by atoms with Gasteiger partial charge in [0.2, 0.25) is 0 Å². The molecule has 0 saturated carbocycles. The number of ketones is 1. The minimum absolute atomic E-state index is 0.00868. The first-order valence-electron chi connectivity index (χ1n) is 7.71. The topological polar surface area (TPSA) is 51.2 Å². The van der Waals surface area contributed by atoms with Gasteiger partial charge >= 0.3 is 0 Å². The summed E-state index contributed by atoms with van der Waals surface area (Å²) in [6, 6.07) is 17.8. The number of carbonyl (C=O) groups excluding carboxylic acids is 1. The molecule has 0 heterocycles. The first-order chi connectivity index (χ1) is 11.5. The molecular weight excluding hydrogens is 344 g/mol. The molecule has 124 valence electrons. The van der Waals surface area contributed by atoms with E-state index in [2.05, 4.69) is 0 Å². The van der Waals surface area contributed by atoms with Crippen LogP contribution in [0.5, 0.6) is 0 Å². The van der Waals surface area contributed by atoms with Crippen LogP contribution >= 0.6 is 11.6 Å². The van der Waals surface area contributed by atoms with Gasteiger partial charge in [0.1, 0.15) is 0 Å². The second-order valence-electron chi connectivity index (χ2n) is 5.89. The molecule has 1 unspecified atom stereocenters. The third-order valence-corrected chi connectivity index (χ3v) is 6.27. The first kappa shape index (κ1) is 16.9. The summed E-state index contributed by atoms with van der Waals surface area (Å²) in [5.74, 6) is -0.509. The third kappa shape index (κ3) is 3.60. The summed E-state index contributed by atoms with van der Waals surface area (Å²) in [4.78, 5) is 12.7. The molecule has 1 atom stereocenters. The van der Waals surface area contributed by atoms with Gasteiger partial charge in [-0.15, -0.1) is 0 Å². The Kier molecular flexibility index (Phi) is 4.88. The lowest BCUT2D eigenvalue weighted by molar-refractivity contribution is -0.116. The highest BCUT2D eigenvalue weighted by atomic mass is 35.5. The Hall–Kier alpha value is -1.91.